The van der Waals surface area contributed by atoms with Gasteiger partial charge in [-0.15, -0.1) is 10.2 Å². The maximum Gasteiger partial charge on any atom is 0.433 e. The molecule has 2 aromatic heterocycles. The minimum atomic E-state index is -4.78. The lowest BCUT2D eigenvalue weighted by atomic mass is 10.1. The molecule has 0 saturated heterocycles. The summed E-state index contributed by atoms with van der Waals surface area (Å²) >= 11 is 0. The standard InChI is InChI=1S/C17H11F3N6O/c18-17(19,20)12-8-13(27)22-16-14(15(21)25-26(12)16)24-23-11-6-5-9-3-1-2-4-10(9)7-11/h1-8H,(H2,21,25)(H,22,27). The van der Waals surface area contributed by atoms with Crippen LogP contribution < -0.4 is 11.3 Å². The molecule has 7 nitrogen and oxygen atoms in total. The van der Waals surface area contributed by atoms with Gasteiger partial charge in [-0.1, -0.05) is 30.3 Å². The smallest absolute Gasteiger partial charge is 0.380 e. The van der Waals surface area contributed by atoms with Gasteiger partial charge in [0.05, 0.1) is 5.69 Å². The predicted molar refractivity (Wildman–Crippen MR) is 93.4 cm³/mol. The summed E-state index contributed by atoms with van der Waals surface area (Å²) in [7, 11) is 0. The van der Waals surface area contributed by atoms with Crippen LogP contribution in [0, 0.1) is 0 Å². The molecule has 2 heterocycles. The minimum absolute atomic E-state index is 0.147. The Morgan fingerprint density at radius 1 is 1.04 bits per heavy atom. The Balaban J connectivity index is 1.83. The number of nitrogens with zero attached hydrogens (tertiary/aromatic N) is 4. The molecule has 136 valence electrons. The van der Waals surface area contributed by atoms with Gasteiger partial charge >= 0.3 is 6.18 Å². The van der Waals surface area contributed by atoms with Crippen molar-refractivity contribution >= 4 is 33.6 Å². The van der Waals surface area contributed by atoms with Gasteiger partial charge in [0, 0.05) is 6.07 Å². The van der Waals surface area contributed by atoms with Gasteiger partial charge in [0.2, 0.25) is 0 Å². The molecular formula is C17H11F3N6O. The highest BCUT2D eigenvalue weighted by Crippen LogP contribution is 2.33. The van der Waals surface area contributed by atoms with Crippen molar-refractivity contribution in [2.75, 3.05) is 5.73 Å². The molecule has 27 heavy (non-hydrogen) atoms. The van der Waals surface area contributed by atoms with E-state index in [9.17, 15) is 18.0 Å². The summed E-state index contributed by atoms with van der Waals surface area (Å²) in [4.78, 5) is 13.9. The largest absolute Gasteiger partial charge is 0.433 e. The maximum atomic E-state index is 13.1. The summed E-state index contributed by atoms with van der Waals surface area (Å²) in [5.74, 6) is -0.285. The van der Waals surface area contributed by atoms with Crippen molar-refractivity contribution in [2.45, 2.75) is 6.18 Å². The summed E-state index contributed by atoms with van der Waals surface area (Å²) in [6, 6.07) is 13.3. The number of alkyl halides is 3. The van der Waals surface area contributed by atoms with Gasteiger partial charge in [0.1, 0.15) is 0 Å². The lowest BCUT2D eigenvalue weighted by molar-refractivity contribution is -0.142. The second kappa shape index (κ2) is 5.94. The summed E-state index contributed by atoms with van der Waals surface area (Å²) in [6.45, 7) is 0. The Kier molecular flexibility index (Phi) is 3.69. The van der Waals surface area contributed by atoms with Gasteiger partial charge in [-0.2, -0.15) is 18.3 Å². The lowest BCUT2D eigenvalue weighted by Crippen LogP contribution is -2.19. The van der Waals surface area contributed by atoms with Gasteiger partial charge in [-0.3, -0.25) is 4.79 Å². The van der Waals surface area contributed by atoms with Gasteiger partial charge in [-0.05, 0) is 22.9 Å². The van der Waals surface area contributed by atoms with Crippen LogP contribution in [-0.2, 0) is 6.18 Å². The third-order valence-corrected chi connectivity index (χ3v) is 3.91. The molecule has 0 bridgehead atoms. The molecule has 0 saturated carbocycles. The van der Waals surface area contributed by atoms with E-state index in [1.807, 2.05) is 30.3 Å². The van der Waals surface area contributed by atoms with Crippen LogP contribution in [0.1, 0.15) is 5.69 Å². The highest BCUT2D eigenvalue weighted by molar-refractivity contribution is 5.85. The zero-order valence-electron chi connectivity index (χ0n) is 13.5. The quantitative estimate of drug-likeness (QED) is 0.516. The molecule has 4 aromatic rings. The van der Waals surface area contributed by atoms with E-state index in [1.54, 1.807) is 12.1 Å². The SMILES string of the molecule is Nc1nn2c(C(F)(F)F)cc(=O)[nH]c2c1N=Nc1ccc2ccccc2c1. The Labute approximate surface area is 149 Å². The number of nitrogen functional groups attached to an aromatic ring is 1. The molecule has 0 atom stereocenters. The molecule has 10 heteroatoms. The van der Waals surface area contributed by atoms with E-state index in [4.69, 9.17) is 5.73 Å². The number of nitrogens with one attached hydrogen (secondary N) is 1. The second-order valence-electron chi connectivity index (χ2n) is 5.74. The summed E-state index contributed by atoms with van der Waals surface area (Å²) in [5, 5.41) is 13.5. The van der Waals surface area contributed by atoms with Crippen molar-refractivity contribution in [3.05, 3.63) is 64.6 Å². The van der Waals surface area contributed by atoms with E-state index in [1.165, 1.54) is 0 Å². The fraction of sp³-hybridized carbons (Fsp3) is 0.0588. The zero-order chi connectivity index (χ0) is 19.2. The summed E-state index contributed by atoms with van der Waals surface area (Å²) in [6.07, 6.45) is -4.78. The topological polar surface area (TPSA) is 101 Å². The Hall–Kier alpha value is -3.69. The molecule has 0 spiro atoms. The molecule has 0 fully saturated rings. The lowest BCUT2D eigenvalue weighted by Gasteiger charge is -2.07. The number of nitrogens with two attached hydrogens (primary N) is 1. The van der Waals surface area contributed by atoms with Gasteiger partial charge in [-0.25, -0.2) is 4.52 Å². The number of azo groups is 1. The van der Waals surface area contributed by atoms with Crippen LogP contribution in [0.2, 0.25) is 0 Å². The zero-order valence-corrected chi connectivity index (χ0v) is 13.5. The van der Waals surface area contributed by atoms with Crippen LogP contribution in [0.25, 0.3) is 16.4 Å². The van der Waals surface area contributed by atoms with Crippen LogP contribution in [0.5, 0.6) is 0 Å². The summed E-state index contributed by atoms with van der Waals surface area (Å²) < 4.78 is 39.9. The highest BCUT2D eigenvalue weighted by atomic mass is 19.4. The number of H-pyrrole nitrogens is 1. The number of hydrogen-bond donors (Lipinski definition) is 2. The van der Waals surface area contributed by atoms with E-state index in [-0.39, 0.29) is 17.2 Å². The maximum absolute atomic E-state index is 13.1. The Morgan fingerprint density at radius 2 is 1.78 bits per heavy atom. The van der Waals surface area contributed by atoms with Crippen molar-refractivity contribution in [3.8, 4) is 0 Å². The first-order valence-electron chi connectivity index (χ1n) is 7.72. The molecule has 4 rings (SSSR count). The number of benzene rings is 2. The third-order valence-electron chi connectivity index (χ3n) is 3.91. The molecule has 0 aliphatic heterocycles. The van der Waals surface area contributed by atoms with Crippen LogP contribution in [0.15, 0.2) is 63.6 Å². The van der Waals surface area contributed by atoms with Crippen molar-refractivity contribution in [3.63, 3.8) is 0 Å². The number of anilines is 1. The monoisotopic (exact) mass is 372 g/mol. The second-order valence-corrected chi connectivity index (χ2v) is 5.74. The predicted octanol–water partition coefficient (Wildman–Crippen LogP) is 4.19. The molecular weight excluding hydrogens is 361 g/mol. The van der Waals surface area contributed by atoms with E-state index in [0.29, 0.717) is 16.3 Å². The molecule has 3 N–H and O–H groups in total. The highest BCUT2D eigenvalue weighted by Gasteiger charge is 2.35. The van der Waals surface area contributed by atoms with Crippen LogP contribution >= 0.6 is 0 Å². The van der Waals surface area contributed by atoms with E-state index < -0.39 is 17.4 Å². The minimum Gasteiger partial charge on any atom is -0.380 e. The molecule has 0 amide bonds. The van der Waals surface area contributed by atoms with E-state index in [0.717, 1.165) is 10.8 Å². The first-order valence-corrected chi connectivity index (χ1v) is 7.72. The molecule has 2 aromatic carbocycles. The first-order chi connectivity index (χ1) is 12.8. The molecule has 0 aliphatic rings. The van der Waals surface area contributed by atoms with Gasteiger partial charge < -0.3 is 10.7 Å². The van der Waals surface area contributed by atoms with E-state index in [2.05, 4.69) is 20.3 Å². The van der Waals surface area contributed by atoms with E-state index >= 15 is 0 Å². The summed E-state index contributed by atoms with van der Waals surface area (Å²) in [5.41, 5.74) is 3.54. The number of hydrogen-bond acceptors (Lipinski definition) is 5. The number of aromatic nitrogens is 3. The number of aromatic amines is 1. The Morgan fingerprint density at radius 3 is 2.52 bits per heavy atom. The fourth-order valence-electron chi connectivity index (χ4n) is 2.70. The number of rotatable bonds is 2. The van der Waals surface area contributed by atoms with Crippen LogP contribution in [0.4, 0.5) is 30.4 Å². The average molecular weight is 372 g/mol. The Bertz CT molecular complexity index is 1260. The number of fused-ring (bicyclic) bond motifs is 2. The molecule has 0 aliphatic carbocycles. The normalized spacial score (nSPS) is 12.4. The molecule has 0 radical (unpaired) electrons. The third kappa shape index (κ3) is 3.01. The van der Waals surface area contributed by atoms with Crippen LogP contribution in [-0.4, -0.2) is 14.6 Å². The van der Waals surface area contributed by atoms with Crippen LogP contribution in [0.3, 0.4) is 0 Å². The van der Waals surface area contributed by atoms with Crippen molar-refractivity contribution < 1.29 is 13.2 Å². The van der Waals surface area contributed by atoms with Gasteiger partial charge in [0.15, 0.2) is 22.8 Å². The van der Waals surface area contributed by atoms with Crippen molar-refractivity contribution in [1.29, 1.82) is 0 Å². The van der Waals surface area contributed by atoms with Crippen molar-refractivity contribution in [1.82, 2.24) is 14.6 Å². The van der Waals surface area contributed by atoms with Crippen molar-refractivity contribution in [2.24, 2.45) is 10.2 Å². The molecule has 0 unspecified atom stereocenters. The van der Waals surface area contributed by atoms with Gasteiger partial charge in [0.25, 0.3) is 5.56 Å². The fourth-order valence-corrected chi connectivity index (χ4v) is 2.70. The average Bonchev–Trinajstić information content (AvgIpc) is 2.93. The first kappa shape index (κ1) is 16.8. The number of halogens is 3.